The fourth-order valence-electron chi connectivity index (χ4n) is 3.83. The zero-order valence-corrected chi connectivity index (χ0v) is 13.8. The van der Waals surface area contributed by atoms with E-state index >= 15 is 0 Å². The van der Waals surface area contributed by atoms with Crippen LogP contribution in [0.4, 0.5) is 0 Å². The lowest BCUT2D eigenvalue weighted by atomic mass is 9.88. The van der Waals surface area contributed by atoms with Crippen LogP contribution in [0.15, 0.2) is 0 Å². The summed E-state index contributed by atoms with van der Waals surface area (Å²) in [6, 6.07) is 1.66. The van der Waals surface area contributed by atoms with E-state index in [1.165, 1.54) is 64.5 Å². The first-order valence-electron chi connectivity index (χ1n) is 9.01. The highest BCUT2D eigenvalue weighted by atomic mass is 15.2. The van der Waals surface area contributed by atoms with E-state index < -0.39 is 0 Å². The van der Waals surface area contributed by atoms with E-state index in [2.05, 4.69) is 31.0 Å². The lowest BCUT2D eigenvalue weighted by molar-refractivity contribution is 0.126. The summed E-state index contributed by atoms with van der Waals surface area (Å²) in [7, 11) is 0. The Hall–Kier alpha value is -0.0800. The molecule has 0 amide bonds. The number of nitrogens with zero attached hydrogens (tertiary/aromatic N) is 1. The second-order valence-electron chi connectivity index (χ2n) is 8.74. The van der Waals surface area contributed by atoms with Crippen molar-refractivity contribution < 1.29 is 0 Å². The minimum Gasteiger partial charge on any atom is -0.309 e. The predicted molar refractivity (Wildman–Crippen MR) is 86.0 cm³/mol. The van der Waals surface area contributed by atoms with Crippen LogP contribution in [0.5, 0.6) is 0 Å². The van der Waals surface area contributed by atoms with Crippen LogP contribution in [0.25, 0.3) is 0 Å². The van der Waals surface area contributed by atoms with Gasteiger partial charge in [-0.2, -0.15) is 0 Å². The van der Waals surface area contributed by atoms with Crippen LogP contribution >= 0.6 is 0 Å². The lowest BCUT2D eigenvalue weighted by Gasteiger charge is -2.39. The second kappa shape index (κ2) is 5.96. The maximum atomic E-state index is 3.81. The van der Waals surface area contributed by atoms with Crippen LogP contribution in [0.3, 0.4) is 0 Å². The van der Waals surface area contributed by atoms with Gasteiger partial charge >= 0.3 is 0 Å². The summed E-state index contributed by atoms with van der Waals surface area (Å²) in [5.41, 5.74) is 0.277. The third kappa shape index (κ3) is 4.73. The summed E-state index contributed by atoms with van der Waals surface area (Å²) in [6.07, 6.45) is 11.6. The Morgan fingerprint density at radius 2 is 1.30 bits per heavy atom. The standard InChI is InChI=1S/C18H34N2/c1-18(2,3)19-16-8-10-17(11-9-16)20(12-14-4-5-14)13-15-6-7-15/h14-17,19H,4-13H2,1-3H3. The summed E-state index contributed by atoms with van der Waals surface area (Å²) in [5.74, 6) is 2.11. The van der Waals surface area contributed by atoms with Crippen molar-refractivity contribution in [3.8, 4) is 0 Å². The Morgan fingerprint density at radius 1 is 0.800 bits per heavy atom. The number of nitrogens with one attached hydrogen (secondary N) is 1. The van der Waals surface area contributed by atoms with Crippen LogP contribution in [0, 0.1) is 11.8 Å². The fraction of sp³-hybridized carbons (Fsp3) is 1.00. The molecule has 20 heavy (non-hydrogen) atoms. The topological polar surface area (TPSA) is 15.3 Å². The number of hydrogen-bond donors (Lipinski definition) is 1. The molecule has 0 aromatic heterocycles. The molecule has 116 valence electrons. The fourth-order valence-corrected chi connectivity index (χ4v) is 3.83. The maximum Gasteiger partial charge on any atom is 0.00990 e. The zero-order chi connectivity index (χ0) is 14.2. The van der Waals surface area contributed by atoms with Crippen molar-refractivity contribution in [1.82, 2.24) is 10.2 Å². The molecular formula is C18H34N2. The molecule has 3 aliphatic rings. The van der Waals surface area contributed by atoms with Crippen LogP contribution in [-0.2, 0) is 0 Å². The van der Waals surface area contributed by atoms with Crippen LogP contribution in [-0.4, -0.2) is 35.6 Å². The second-order valence-corrected chi connectivity index (χ2v) is 8.74. The van der Waals surface area contributed by atoms with Crippen molar-refractivity contribution in [2.24, 2.45) is 11.8 Å². The van der Waals surface area contributed by atoms with Gasteiger partial charge in [0.2, 0.25) is 0 Å². The minimum atomic E-state index is 0.277. The van der Waals surface area contributed by atoms with Gasteiger partial charge < -0.3 is 5.32 Å². The molecular weight excluding hydrogens is 244 g/mol. The monoisotopic (exact) mass is 278 g/mol. The Kier molecular flexibility index (Phi) is 4.42. The summed E-state index contributed by atoms with van der Waals surface area (Å²) in [5, 5.41) is 3.81. The van der Waals surface area contributed by atoms with E-state index in [0.717, 1.165) is 23.9 Å². The van der Waals surface area contributed by atoms with Gasteiger partial charge in [0.25, 0.3) is 0 Å². The Bertz CT molecular complexity index is 290. The third-order valence-corrected chi connectivity index (χ3v) is 5.23. The molecule has 0 saturated heterocycles. The normalized spacial score (nSPS) is 31.8. The maximum absolute atomic E-state index is 3.81. The third-order valence-electron chi connectivity index (χ3n) is 5.23. The molecule has 0 unspecified atom stereocenters. The van der Waals surface area contributed by atoms with Crippen molar-refractivity contribution >= 4 is 0 Å². The van der Waals surface area contributed by atoms with Crippen LogP contribution < -0.4 is 5.32 Å². The highest BCUT2D eigenvalue weighted by molar-refractivity contribution is 4.90. The molecule has 0 aromatic carbocycles. The number of hydrogen-bond acceptors (Lipinski definition) is 2. The van der Waals surface area contributed by atoms with Gasteiger partial charge in [0, 0.05) is 30.7 Å². The molecule has 0 aromatic rings. The quantitative estimate of drug-likeness (QED) is 0.795. The molecule has 3 fully saturated rings. The van der Waals surface area contributed by atoms with Gasteiger partial charge in [-0.05, 0) is 84.0 Å². The molecule has 2 heteroatoms. The Labute approximate surface area is 125 Å². The minimum absolute atomic E-state index is 0.277. The molecule has 3 rings (SSSR count). The van der Waals surface area contributed by atoms with Crippen molar-refractivity contribution in [2.45, 2.75) is 89.8 Å². The molecule has 0 aliphatic heterocycles. The predicted octanol–water partition coefficient (Wildman–Crippen LogP) is 3.81. The van der Waals surface area contributed by atoms with Crippen molar-refractivity contribution in [2.75, 3.05) is 13.1 Å². The van der Waals surface area contributed by atoms with Gasteiger partial charge in [0.05, 0.1) is 0 Å². The van der Waals surface area contributed by atoms with Crippen molar-refractivity contribution in [1.29, 1.82) is 0 Å². The average Bonchev–Trinajstić information content (AvgIpc) is 3.22. The average molecular weight is 278 g/mol. The largest absolute Gasteiger partial charge is 0.309 e. The van der Waals surface area contributed by atoms with Crippen molar-refractivity contribution in [3.63, 3.8) is 0 Å². The van der Waals surface area contributed by atoms with Gasteiger partial charge in [-0.15, -0.1) is 0 Å². The summed E-state index contributed by atoms with van der Waals surface area (Å²) in [4.78, 5) is 2.89. The molecule has 1 N–H and O–H groups in total. The van der Waals surface area contributed by atoms with E-state index in [9.17, 15) is 0 Å². The smallest absolute Gasteiger partial charge is 0.00990 e. The van der Waals surface area contributed by atoms with E-state index in [1.807, 2.05) is 0 Å². The van der Waals surface area contributed by atoms with Crippen molar-refractivity contribution in [3.05, 3.63) is 0 Å². The van der Waals surface area contributed by atoms with Gasteiger partial charge in [0.1, 0.15) is 0 Å². The van der Waals surface area contributed by atoms with Gasteiger partial charge in [-0.25, -0.2) is 0 Å². The van der Waals surface area contributed by atoms with E-state index in [0.29, 0.717) is 0 Å². The molecule has 2 nitrogen and oxygen atoms in total. The van der Waals surface area contributed by atoms with E-state index in [1.54, 1.807) is 0 Å². The van der Waals surface area contributed by atoms with Gasteiger partial charge in [-0.3, -0.25) is 4.90 Å². The summed E-state index contributed by atoms with van der Waals surface area (Å²) >= 11 is 0. The summed E-state index contributed by atoms with van der Waals surface area (Å²) < 4.78 is 0. The van der Waals surface area contributed by atoms with Crippen LogP contribution in [0.1, 0.15) is 72.1 Å². The first-order valence-corrected chi connectivity index (χ1v) is 9.01. The van der Waals surface area contributed by atoms with Gasteiger partial charge in [-0.1, -0.05) is 0 Å². The molecule has 0 radical (unpaired) electrons. The summed E-state index contributed by atoms with van der Waals surface area (Å²) in [6.45, 7) is 9.72. The van der Waals surface area contributed by atoms with E-state index in [4.69, 9.17) is 0 Å². The molecule has 3 aliphatic carbocycles. The van der Waals surface area contributed by atoms with Gasteiger partial charge in [0.15, 0.2) is 0 Å². The Morgan fingerprint density at radius 3 is 1.70 bits per heavy atom. The van der Waals surface area contributed by atoms with E-state index in [-0.39, 0.29) is 5.54 Å². The molecule has 0 atom stereocenters. The highest BCUT2D eigenvalue weighted by Gasteiger charge is 2.34. The Balaban J connectivity index is 1.46. The molecule has 3 saturated carbocycles. The van der Waals surface area contributed by atoms with Crippen LogP contribution in [0.2, 0.25) is 0 Å². The lowest BCUT2D eigenvalue weighted by Crippen LogP contribution is -2.48. The zero-order valence-electron chi connectivity index (χ0n) is 13.8. The molecule has 0 spiro atoms. The number of rotatable bonds is 6. The SMILES string of the molecule is CC(C)(C)NC1CCC(N(CC2CC2)CC2CC2)CC1. The highest BCUT2D eigenvalue weighted by Crippen LogP contribution is 2.36. The first-order chi connectivity index (χ1) is 9.49. The first kappa shape index (κ1) is 14.8. The molecule has 0 heterocycles. The molecule has 0 bridgehead atoms.